The van der Waals surface area contributed by atoms with E-state index in [1.54, 1.807) is 83.3 Å². The van der Waals surface area contributed by atoms with Gasteiger partial charge in [-0.1, -0.05) is 64.1 Å². The van der Waals surface area contributed by atoms with Crippen LogP contribution in [0.5, 0.6) is 17.2 Å². The molecule has 3 N–H and O–H groups in total. The lowest BCUT2D eigenvalue weighted by Crippen LogP contribution is -2.59. The zero-order valence-electron chi connectivity index (χ0n) is 35.3. The van der Waals surface area contributed by atoms with E-state index in [2.05, 4.69) is 5.32 Å². The van der Waals surface area contributed by atoms with Crippen LogP contribution in [0.15, 0.2) is 72.8 Å². The molecule has 3 rings (SSSR count). The van der Waals surface area contributed by atoms with E-state index in [-0.39, 0.29) is 24.3 Å². The molecule has 0 unspecified atom stereocenters. The van der Waals surface area contributed by atoms with Gasteiger partial charge in [0.15, 0.2) is 6.10 Å². The highest BCUT2D eigenvalue weighted by Gasteiger charge is 2.40. The summed E-state index contributed by atoms with van der Waals surface area (Å²) in [7, 11) is 9.21. The van der Waals surface area contributed by atoms with Crippen molar-refractivity contribution in [2.75, 3.05) is 42.4 Å². The van der Waals surface area contributed by atoms with Gasteiger partial charge >= 0.3 is 11.9 Å². The Balaban J connectivity index is 1.92. The minimum atomic E-state index is -1.23. The number of phenolic OH excluding ortho intramolecular Hbond substituents is 2. The van der Waals surface area contributed by atoms with Crippen LogP contribution in [0.3, 0.4) is 0 Å². The van der Waals surface area contributed by atoms with Gasteiger partial charge in [0.05, 0.1) is 14.2 Å². The summed E-state index contributed by atoms with van der Waals surface area (Å²) < 4.78 is 16.3. The number of carbonyl (C=O) groups is 5. The number of methoxy groups -OCH3 is 2. The molecule has 14 heteroatoms. The molecule has 0 radical (unpaired) electrons. The van der Waals surface area contributed by atoms with Crippen molar-refractivity contribution in [3.8, 4) is 17.2 Å². The summed E-state index contributed by atoms with van der Waals surface area (Å²) >= 11 is 0. The van der Waals surface area contributed by atoms with E-state index < -0.39 is 71.8 Å². The summed E-state index contributed by atoms with van der Waals surface area (Å²) in [6, 6.07) is 15.6. The fraction of sp³-hybridized carbons (Fsp3) is 0.477. The van der Waals surface area contributed by atoms with Crippen LogP contribution in [-0.2, 0) is 52.7 Å². The Morgan fingerprint density at radius 3 is 1.52 bits per heavy atom. The number of amides is 3. The van der Waals surface area contributed by atoms with Gasteiger partial charge in [0, 0.05) is 32.9 Å². The first-order valence-corrected chi connectivity index (χ1v) is 19.4. The van der Waals surface area contributed by atoms with Crippen molar-refractivity contribution in [1.29, 1.82) is 0 Å². The molecule has 0 aliphatic carbocycles. The van der Waals surface area contributed by atoms with E-state index >= 15 is 0 Å². The Bertz CT molecular complexity index is 1820. The molecule has 0 fully saturated rings. The molecule has 0 saturated carbocycles. The van der Waals surface area contributed by atoms with Gasteiger partial charge in [0.1, 0.15) is 41.4 Å². The van der Waals surface area contributed by atoms with Crippen LogP contribution < -0.4 is 10.1 Å². The first-order valence-electron chi connectivity index (χ1n) is 19.4. The van der Waals surface area contributed by atoms with E-state index in [0.717, 1.165) is 5.56 Å². The van der Waals surface area contributed by atoms with E-state index in [0.29, 0.717) is 29.7 Å². The topological polar surface area (TPSA) is 175 Å². The highest BCUT2D eigenvalue weighted by molar-refractivity contribution is 5.95. The first-order chi connectivity index (χ1) is 27.4. The van der Waals surface area contributed by atoms with Gasteiger partial charge in [-0.15, -0.1) is 0 Å². The quantitative estimate of drug-likeness (QED) is 0.141. The SMILES string of the molecule is CC[C@@H](C)[C@@H](OC(=O)[C@@H](Cc1ccc(OC)cc1)N(C)C)C(=O)N[C@H](C(=O)N(C)[C@@H](Cc1ccc(O)cc1)C(=O)N(C)[C@@H](Cc1ccc(O)cc1)C(=O)OC)C(C)C. The van der Waals surface area contributed by atoms with E-state index in [4.69, 9.17) is 14.2 Å². The lowest BCUT2D eigenvalue weighted by molar-refractivity contribution is -0.164. The summed E-state index contributed by atoms with van der Waals surface area (Å²) in [5.41, 5.74) is 2.15. The highest BCUT2D eigenvalue weighted by atomic mass is 16.6. The molecule has 58 heavy (non-hydrogen) atoms. The number of nitrogens with one attached hydrogen (secondary N) is 1. The molecular weight excluding hydrogens is 745 g/mol. The normalized spacial score (nSPS) is 14.3. The number of esters is 2. The zero-order valence-corrected chi connectivity index (χ0v) is 35.3. The van der Waals surface area contributed by atoms with E-state index in [1.807, 2.05) is 19.1 Å². The summed E-state index contributed by atoms with van der Waals surface area (Å²) in [5.74, 6) is -3.22. The Morgan fingerprint density at radius 1 is 0.638 bits per heavy atom. The van der Waals surface area contributed by atoms with Gasteiger partial charge in [-0.25, -0.2) is 4.79 Å². The molecule has 0 spiro atoms. The largest absolute Gasteiger partial charge is 0.508 e. The maximum absolute atomic E-state index is 14.5. The van der Waals surface area contributed by atoms with E-state index in [1.165, 1.54) is 55.3 Å². The second-order valence-electron chi connectivity index (χ2n) is 15.2. The van der Waals surface area contributed by atoms with Crippen molar-refractivity contribution < 1.29 is 48.4 Å². The number of phenols is 2. The maximum atomic E-state index is 14.5. The average molecular weight is 805 g/mol. The Labute approximate surface area is 342 Å². The number of hydrogen-bond donors (Lipinski definition) is 3. The number of ether oxygens (including phenoxy) is 3. The molecule has 0 bridgehead atoms. The molecule has 0 heterocycles. The van der Waals surface area contributed by atoms with Crippen LogP contribution in [0.25, 0.3) is 0 Å². The minimum absolute atomic E-state index is 0.00475. The van der Waals surface area contributed by atoms with Crippen molar-refractivity contribution in [3.05, 3.63) is 89.5 Å². The predicted molar refractivity (Wildman–Crippen MR) is 219 cm³/mol. The fourth-order valence-corrected chi connectivity index (χ4v) is 6.43. The summed E-state index contributed by atoms with van der Waals surface area (Å²) in [5, 5.41) is 22.6. The Hall–Kier alpha value is -5.63. The number of nitrogens with zero attached hydrogens (tertiary/aromatic N) is 3. The van der Waals surface area contributed by atoms with Gasteiger partial charge < -0.3 is 39.5 Å². The molecule has 3 amide bonds. The monoisotopic (exact) mass is 804 g/mol. The average Bonchev–Trinajstić information content (AvgIpc) is 3.21. The predicted octanol–water partition coefficient (Wildman–Crippen LogP) is 3.99. The van der Waals surface area contributed by atoms with Crippen molar-refractivity contribution in [2.45, 2.75) is 83.6 Å². The molecule has 6 atom stereocenters. The molecule has 0 aliphatic heterocycles. The molecule has 316 valence electrons. The number of hydrogen-bond acceptors (Lipinski definition) is 11. The van der Waals surface area contributed by atoms with E-state index in [9.17, 15) is 34.2 Å². The number of rotatable bonds is 20. The van der Waals surface area contributed by atoms with Gasteiger partial charge in [0.25, 0.3) is 5.91 Å². The van der Waals surface area contributed by atoms with Crippen molar-refractivity contribution >= 4 is 29.7 Å². The molecule has 0 saturated heterocycles. The molecular formula is C44H60N4O10. The first kappa shape index (κ1) is 46.8. The number of benzene rings is 3. The number of carbonyl (C=O) groups excluding carboxylic acids is 5. The summed E-state index contributed by atoms with van der Waals surface area (Å²) in [6.07, 6.45) is -0.341. The minimum Gasteiger partial charge on any atom is -0.508 e. The van der Waals surface area contributed by atoms with Gasteiger partial charge in [-0.2, -0.15) is 0 Å². The number of aromatic hydroxyl groups is 2. The van der Waals surface area contributed by atoms with Crippen molar-refractivity contribution in [2.24, 2.45) is 11.8 Å². The third kappa shape index (κ3) is 12.7. The van der Waals surface area contributed by atoms with Crippen LogP contribution in [0.4, 0.5) is 0 Å². The van der Waals surface area contributed by atoms with Crippen LogP contribution in [0, 0.1) is 11.8 Å². The van der Waals surface area contributed by atoms with Crippen LogP contribution in [0.1, 0.15) is 50.8 Å². The molecule has 0 aliphatic rings. The molecule has 14 nitrogen and oxygen atoms in total. The second-order valence-corrected chi connectivity index (χ2v) is 15.2. The third-order valence-electron chi connectivity index (χ3n) is 10.5. The fourth-order valence-electron chi connectivity index (χ4n) is 6.43. The maximum Gasteiger partial charge on any atom is 0.328 e. The van der Waals surface area contributed by atoms with Crippen molar-refractivity contribution in [1.82, 2.24) is 20.0 Å². The summed E-state index contributed by atoms with van der Waals surface area (Å²) in [6.45, 7) is 7.18. The number of likely N-dealkylation sites (N-methyl/N-ethyl adjacent to an activating group) is 3. The van der Waals surface area contributed by atoms with Crippen molar-refractivity contribution in [3.63, 3.8) is 0 Å². The summed E-state index contributed by atoms with van der Waals surface area (Å²) in [4.78, 5) is 74.2. The lowest BCUT2D eigenvalue weighted by Gasteiger charge is -2.36. The Kier molecular flexibility index (Phi) is 17.5. The van der Waals surface area contributed by atoms with Gasteiger partial charge in [0.2, 0.25) is 11.8 Å². The molecule has 3 aromatic carbocycles. The molecule has 3 aromatic rings. The van der Waals surface area contributed by atoms with Gasteiger partial charge in [-0.05, 0) is 85.9 Å². The van der Waals surface area contributed by atoms with Crippen LogP contribution >= 0.6 is 0 Å². The van der Waals surface area contributed by atoms with Crippen LogP contribution in [0.2, 0.25) is 0 Å². The van der Waals surface area contributed by atoms with Gasteiger partial charge in [-0.3, -0.25) is 24.1 Å². The highest BCUT2D eigenvalue weighted by Crippen LogP contribution is 2.22. The van der Waals surface area contributed by atoms with Crippen LogP contribution in [-0.4, -0.2) is 127 Å². The molecule has 0 aromatic heterocycles. The Morgan fingerprint density at radius 2 is 1.09 bits per heavy atom. The lowest BCUT2D eigenvalue weighted by atomic mass is 9.96. The standard InChI is InChI=1S/C44H60N4O10/c1-11-28(4)39(58-44(55)36(46(5)6)25-31-16-22-34(56-9)23-17-31)40(51)45-38(27(2)3)42(53)47(7)35(24-29-12-18-32(49)19-13-29)41(52)48(8)37(43(54)57-10)26-30-14-20-33(50)21-15-30/h12-23,27-28,35-39,49-50H,11,24-26H2,1-10H3,(H,45,51)/t28-,35+,36-,37+,38+,39-/m1/s1. The second kappa shape index (κ2) is 21.8. The zero-order chi connectivity index (χ0) is 43.3. The smallest absolute Gasteiger partial charge is 0.328 e. The third-order valence-corrected chi connectivity index (χ3v) is 10.5.